The van der Waals surface area contributed by atoms with Crippen molar-refractivity contribution in [1.82, 2.24) is 10.2 Å². The van der Waals surface area contributed by atoms with Crippen LogP contribution in [-0.2, 0) is 21.5 Å². The zero-order valence-corrected chi connectivity index (χ0v) is 19.2. The zero-order chi connectivity index (χ0) is 23.2. The van der Waals surface area contributed by atoms with Crippen LogP contribution in [0, 0.1) is 5.82 Å². The first-order chi connectivity index (χ1) is 14.5. The number of hydrogen-bond donors (Lipinski definition) is 1. The van der Waals surface area contributed by atoms with Crippen LogP contribution < -0.4 is 10.1 Å². The lowest BCUT2D eigenvalue weighted by atomic mass is 9.86. The molecule has 0 aliphatic heterocycles. The average Bonchev–Trinajstić information content (AvgIpc) is 2.70. The third kappa shape index (κ3) is 7.09. The number of para-hydroxylation sites is 1. The van der Waals surface area contributed by atoms with Gasteiger partial charge in [-0.1, -0.05) is 51.1 Å². The van der Waals surface area contributed by atoms with Crippen molar-refractivity contribution < 1.29 is 18.7 Å². The lowest BCUT2D eigenvalue weighted by Gasteiger charge is -2.30. The van der Waals surface area contributed by atoms with Crippen LogP contribution in [0.4, 0.5) is 4.39 Å². The first-order valence-corrected chi connectivity index (χ1v) is 10.6. The summed E-state index contributed by atoms with van der Waals surface area (Å²) in [7, 11) is 0. The van der Waals surface area contributed by atoms with Crippen molar-refractivity contribution in [3.05, 3.63) is 65.5 Å². The summed E-state index contributed by atoms with van der Waals surface area (Å²) in [6.45, 7) is 11.6. The lowest BCUT2D eigenvalue weighted by Crippen LogP contribution is -2.50. The molecule has 1 atom stereocenters. The number of ether oxygens (including phenoxy) is 1. The van der Waals surface area contributed by atoms with E-state index >= 15 is 0 Å². The molecule has 0 unspecified atom stereocenters. The molecule has 5 nitrogen and oxygen atoms in total. The number of nitrogens with one attached hydrogen (secondary N) is 1. The first-order valence-electron chi connectivity index (χ1n) is 10.6. The van der Waals surface area contributed by atoms with Crippen LogP contribution in [0.5, 0.6) is 5.75 Å². The van der Waals surface area contributed by atoms with E-state index in [4.69, 9.17) is 4.74 Å². The minimum Gasteiger partial charge on any atom is -0.483 e. The molecule has 0 fully saturated rings. The molecule has 31 heavy (non-hydrogen) atoms. The third-order valence-electron chi connectivity index (χ3n) is 4.91. The van der Waals surface area contributed by atoms with Crippen LogP contribution >= 0.6 is 0 Å². The molecule has 0 aliphatic rings. The number of rotatable bonds is 8. The SMILES string of the molecule is CC(C)NC(=O)[C@@H](C)N(Cc1ccc(F)cc1)C(=O)COc1ccccc1C(C)(C)C. The highest BCUT2D eigenvalue weighted by molar-refractivity contribution is 5.88. The van der Waals surface area contributed by atoms with Crippen molar-refractivity contribution in [2.24, 2.45) is 0 Å². The molecular formula is C25H33FN2O3. The van der Waals surface area contributed by atoms with E-state index in [0.29, 0.717) is 5.75 Å². The summed E-state index contributed by atoms with van der Waals surface area (Å²) in [6, 6.07) is 12.8. The average molecular weight is 429 g/mol. The Balaban J connectivity index is 2.21. The van der Waals surface area contributed by atoms with E-state index in [-0.39, 0.29) is 42.2 Å². The molecule has 0 aromatic heterocycles. The van der Waals surface area contributed by atoms with Crippen molar-refractivity contribution in [1.29, 1.82) is 0 Å². The lowest BCUT2D eigenvalue weighted by molar-refractivity contribution is -0.142. The van der Waals surface area contributed by atoms with Crippen molar-refractivity contribution in [2.75, 3.05) is 6.61 Å². The summed E-state index contributed by atoms with van der Waals surface area (Å²) in [5, 5.41) is 2.84. The standard InChI is InChI=1S/C25H33FN2O3/c1-17(2)27-24(30)18(3)28(15-19-11-13-20(26)14-12-19)23(29)16-31-22-10-8-7-9-21(22)25(4,5)6/h7-14,17-18H,15-16H2,1-6H3,(H,27,30)/t18-/m1/s1. The monoisotopic (exact) mass is 428 g/mol. The Hall–Kier alpha value is -2.89. The molecule has 0 aliphatic carbocycles. The largest absolute Gasteiger partial charge is 0.483 e. The van der Waals surface area contributed by atoms with E-state index in [1.165, 1.54) is 17.0 Å². The summed E-state index contributed by atoms with van der Waals surface area (Å²) in [6.07, 6.45) is 0. The normalized spacial score (nSPS) is 12.4. The molecule has 2 amide bonds. The Labute approximate surface area is 184 Å². The van der Waals surface area contributed by atoms with Gasteiger partial charge in [-0.3, -0.25) is 9.59 Å². The molecular weight excluding hydrogens is 395 g/mol. The predicted octanol–water partition coefficient (Wildman–Crippen LogP) is 4.44. The van der Waals surface area contributed by atoms with E-state index in [1.54, 1.807) is 19.1 Å². The van der Waals surface area contributed by atoms with Gasteiger partial charge in [0.05, 0.1) is 0 Å². The van der Waals surface area contributed by atoms with Gasteiger partial charge in [-0.05, 0) is 55.5 Å². The van der Waals surface area contributed by atoms with Crippen molar-refractivity contribution >= 4 is 11.8 Å². The second-order valence-electron chi connectivity index (χ2n) is 9.02. The van der Waals surface area contributed by atoms with Gasteiger partial charge in [-0.15, -0.1) is 0 Å². The van der Waals surface area contributed by atoms with Gasteiger partial charge in [0.2, 0.25) is 5.91 Å². The maximum absolute atomic E-state index is 13.3. The van der Waals surface area contributed by atoms with Gasteiger partial charge < -0.3 is 15.0 Å². The van der Waals surface area contributed by atoms with Gasteiger partial charge in [-0.25, -0.2) is 4.39 Å². The van der Waals surface area contributed by atoms with E-state index in [2.05, 4.69) is 26.1 Å². The van der Waals surface area contributed by atoms with Crippen molar-refractivity contribution in [3.63, 3.8) is 0 Å². The fourth-order valence-electron chi connectivity index (χ4n) is 3.21. The summed E-state index contributed by atoms with van der Waals surface area (Å²) in [5.41, 5.74) is 1.59. The maximum atomic E-state index is 13.3. The number of halogens is 1. The molecule has 2 aromatic carbocycles. The molecule has 0 saturated carbocycles. The molecule has 1 N–H and O–H groups in total. The van der Waals surface area contributed by atoms with E-state index in [9.17, 15) is 14.0 Å². The second kappa shape index (κ2) is 10.4. The number of nitrogens with zero attached hydrogens (tertiary/aromatic N) is 1. The predicted molar refractivity (Wildman–Crippen MR) is 120 cm³/mol. The smallest absolute Gasteiger partial charge is 0.261 e. The van der Waals surface area contributed by atoms with Crippen LogP contribution in [0.1, 0.15) is 52.7 Å². The molecule has 2 rings (SSSR count). The van der Waals surface area contributed by atoms with Crippen LogP contribution in [0.25, 0.3) is 0 Å². The number of carbonyl (C=O) groups is 2. The Kier molecular flexibility index (Phi) is 8.20. The molecule has 0 heterocycles. The van der Waals surface area contributed by atoms with Gasteiger partial charge in [0.1, 0.15) is 17.6 Å². The molecule has 0 saturated heterocycles. The van der Waals surface area contributed by atoms with Gasteiger partial charge in [0, 0.05) is 12.6 Å². The van der Waals surface area contributed by atoms with Gasteiger partial charge in [0.15, 0.2) is 6.61 Å². The highest BCUT2D eigenvalue weighted by Gasteiger charge is 2.27. The summed E-state index contributed by atoms with van der Waals surface area (Å²) in [5.74, 6) is -0.279. The highest BCUT2D eigenvalue weighted by atomic mass is 19.1. The van der Waals surface area contributed by atoms with Crippen LogP contribution in [0.2, 0.25) is 0 Å². The maximum Gasteiger partial charge on any atom is 0.261 e. The van der Waals surface area contributed by atoms with E-state index in [1.807, 2.05) is 38.1 Å². The fraction of sp³-hybridized carbons (Fsp3) is 0.440. The first kappa shape index (κ1) is 24.4. The Morgan fingerprint density at radius 1 is 1.03 bits per heavy atom. The minimum absolute atomic E-state index is 0.0485. The summed E-state index contributed by atoms with van der Waals surface area (Å²) in [4.78, 5) is 27.2. The Morgan fingerprint density at radius 2 is 1.65 bits per heavy atom. The second-order valence-corrected chi connectivity index (χ2v) is 9.02. The Morgan fingerprint density at radius 3 is 2.23 bits per heavy atom. The molecule has 2 aromatic rings. The number of benzene rings is 2. The number of amides is 2. The molecule has 6 heteroatoms. The quantitative estimate of drug-likeness (QED) is 0.676. The zero-order valence-electron chi connectivity index (χ0n) is 19.2. The molecule has 0 bridgehead atoms. The van der Waals surface area contributed by atoms with Gasteiger partial charge >= 0.3 is 0 Å². The van der Waals surface area contributed by atoms with E-state index in [0.717, 1.165) is 11.1 Å². The molecule has 0 spiro atoms. The van der Waals surface area contributed by atoms with Gasteiger partial charge in [0.25, 0.3) is 5.91 Å². The third-order valence-corrected chi connectivity index (χ3v) is 4.91. The Bertz CT molecular complexity index is 888. The minimum atomic E-state index is -0.707. The van der Waals surface area contributed by atoms with Crippen LogP contribution in [0.15, 0.2) is 48.5 Å². The van der Waals surface area contributed by atoms with Crippen molar-refractivity contribution in [3.8, 4) is 5.75 Å². The molecule has 168 valence electrons. The number of hydrogen-bond acceptors (Lipinski definition) is 3. The van der Waals surface area contributed by atoms with Gasteiger partial charge in [-0.2, -0.15) is 0 Å². The van der Waals surface area contributed by atoms with Crippen LogP contribution in [0.3, 0.4) is 0 Å². The topological polar surface area (TPSA) is 58.6 Å². The number of carbonyl (C=O) groups excluding carboxylic acids is 2. The fourth-order valence-corrected chi connectivity index (χ4v) is 3.21. The summed E-state index contributed by atoms with van der Waals surface area (Å²) < 4.78 is 19.2. The highest BCUT2D eigenvalue weighted by Crippen LogP contribution is 2.31. The molecule has 0 radical (unpaired) electrons. The van der Waals surface area contributed by atoms with Crippen LogP contribution in [-0.4, -0.2) is 35.4 Å². The summed E-state index contributed by atoms with van der Waals surface area (Å²) >= 11 is 0. The van der Waals surface area contributed by atoms with Crippen molar-refractivity contribution in [2.45, 2.75) is 65.6 Å². The van der Waals surface area contributed by atoms with E-state index < -0.39 is 6.04 Å².